The van der Waals surface area contributed by atoms with Crippen molar-refractivity contribution >= 4 is 33.1 Å². The molecule has 0 unspecified atom stereocenters. The normalized spacial score (nSPS) is 11.4. The summed E-state index contributed by atoms with van der Waals surface area (Å²) in [4.78, 5) is 0. The van der Waals surface area contributed by atoms with Crippen molar-refractivity contribution in [3.8, 4) is 5.75 Å². The fourth-order valence-corrected chi connectivity index (χ4v) is 3.23. The first-order chi connectivity index (χ1) is 7.99. The number of rotatable bonds is 3. The third kappa shape index (κ3) is 2.80. The summed E-state index contributed by atoms with van der Waals surface area (Å²) in [5.74, 6) is 0.264. The van der Waals surface area contributed by atoms with Gasteiger partial charge in [0.25, 0.3) is 0 Å². The average Bonchev–Trinajstić information content (AvgIpc) is 2.77. The maximum Gasteiger partial charge on any atom is 0.348 e. The zero-order valence-corrected chi connectivity index (χ0v) is 11.3. The second-order valence-corrected chi connectivity index (χ2v) is 6.51. The van der Waals surface area contributed by atoms with Gasteiger partial charge in [-0.1, -0.05) is 17.7 Å². The minimum absolute atomic E-state index is 0.185. The highest BCUT2D eigenvalue weighted by Gasteiger charge is 2.17. The van der Waals surface area contributed by atoms with Gasteiger partial charge in [-0.2, -0.15) is 8.42 Å². The van der Waals surface area contributed by atoms with Crippen molar-refractivity contribution in [2.75, 3.05) is 0 Å². The van der Waals surface area contributed by atoms with Crippen LogP contribution in [0.15, 0.2) is 39.9 Å². The first kappa shape index (κ1) is 12.4. The molecule has 0 saturated heterocycles. The lowest BCUT2D eigenvalue weighted by Crippen LogP contribution is -2.07. The predicted molar refractivity (Wildman–Crippen MR) is 68.3 cm³/mol. The maximum atomic E-state index is 11.8. The third-order valence-corrected chi connectivity index (χ3v) is 5.10. The SMILES string of the molecule is Cc1cc(OS(=O)(=O)c2cccs2)ccc1Cl. The highest BCUT2D eigenvalue weighted by molar-refractivity contribution is 7.89. The van der Waals surface area contributed by atoms with Crippen LogP contribution in [-0.2, 0) is 10.1 Å². The summed E-state index contributed by atoms with van der Waals surface area (Å²) in [6.45, 7) is 1.78. The molecule has 0 aliphatic carbocycles. The first-order valence-electron chi connectivity index (χ1n) is 4.73. The van der Waals surface area contributed by atoms with Gasteiger partial charge >= 0.3 is 10.1 Å². The van der Waals surface area contributed by atoms with E-state index >= 15 is 0 Å². The number of hydrogen-bond donors (Lipinski definition) is 0. The molecule has 0 fully saturated rings. The van der Waals surface area contributed by atoms with Gasteiger partial charge in [0.05, 0.1) is 0 Å². The van der Waals surface area contributed by atoms with Crippen molar-refractivity contribution < 1.29 is 12.6 Å². The monoisotopic (exact) mass is 288 g/mol. The molecule has 0 atom stereocenters. The standard InChI is InChI=1S/C11H9ClO3S2/c1-8-7-9(4-5-10(8)12)15-17(13,14)11-3-2-6-16-11/h2-7H,1H3. The van der Waals surface area contributed by atoms with Gasteiger partial charge in [0.15, 0.2) is 4.21 Å². The van der Waals surface area contributed by atoms with E-state index in [0.717, 1.165) is 16.9 Å². The summed E-state index contributed by atoms with van der Waals surface area (Å²) in [7, 11) is -3.72. The molecule has 3 nitrogen and oxygen atoms in total. The van der Waals surface area contributed by atoms with Crippen LogP contribution in [0.2, 0.25) is 5.02 Å². The fraction of sp³-hybridized carbons (Fsp3) is 0.0909. The van der Waals surface area contributed by atoms with E-state index in [-0.39, 0.29) is 9.96 Å². The lowest BCUT2D eigenvalue weighted by atomic mass is 10.2. The molecule has 17 heavy (non-hydrogen) atoms. The zero-order valence-electron chi connectivity index (χ0n) is 8.88. The Labute approximate surface area is 109 Å². The molecule has 0 aliphatic rings. The van der Waals surface area contributed by atoms with Crippen molar-refractivity contribution in [1.29, 1.82) is 0 Å². The second-order valence-electron chi connectivity index (χ2n) is 3.38. The van der Waals surface area contributed by atoms with Gasteiger partial charge in [0.2, 0.25) is 0 Å². The summed E-state index contributed by atoms with van der Waals surface area (Å²) >= 11 is 6.97. The van der Waals surface area contributed by atoms with Crippen LogP contribution in [0.25, 0.3) is 0 Å². The van der Waals surface area contributed by atoms with E-state index in [4.69, 9.17) is 15.8 Å². The van der Waals surface area contributed by atoms with E-state index < -0.39 is 10.1 Å². The van der Waals surface area contributed by atoms with Gasteiger partial charge in [-0.25, -0.2) is 0 Å². The Bertz CT molecular complexity index is 618. The molecule has 90 valence electrons. The van der Waals surface area contributed by atoms with Crippen LogP contribution in [0.1, 0.15) is 5.56 Å². The Morgan fingerprint density at radius 1 is 1.29 bits per heavy atom. The van der Waals surface area contributed by atoms with Crippen molar-refractivity contribution in [3.05, 3.63) is 46.3 Å². The van der Waals surface area contributed by atoms with E-state index in [2.05, 4.69) is 0 Å². The highest BCUT2D eigenvalue weighted by atomic mass is 35.5. The lowest BCUT2D eigenvalue weighted by Gasteiger charge is -2.06. The van der Waals surface area contributed by atoms with Crippen LogP contribution in [0.3, 0.4) is 0 Å². The number of benzene rings is 1. The average molecular weight is 289 g/mol. The lowest BCUT2D eigenvalue weighted by molar-refractivity contribution is 0.488. The number of aryl methyl sites for hydroxylation is 1. The summed E-state index contributed by atoms with van der Waals surface area (Å²) in [6, 6.07) is 7.89. The molecule has 1 aromatic heterocycles. The quantitative estimate of drug-likeness (QED) is 0.812. The molecule has 0 N–H and O–H groups in total. The Balaban J connectivity index is 2.30. The van der Waals surface area contributed by atoms with E-state index in [1.165, 1.54) is 12.1 Å². The van der Waals surface area contributed by atoms with Crippen LogP contribution >= 0.6 is 22.9 Å². The first-order valence-corrected chi connectivity index (χ1v) is 7.40. The van der Waals surface area contributed by atoms with E-state index in [1.54, 1.807) is 30.5 Å². The van der Waals surface area contributed by atoms with Crippen molar-refractivity contribution in [2.45, 2.75) is 11.1 Å². The highest BCUT2D eigenvalue weighted by Crippen LogP contribution is 2.25. The third-order valence-electron chi connectivity index (χ3n) is 2.08. The van der Waals surface area contributed by atoms with Gasteiger partial charge in [-0.3, -0.25) is 0 Å². The maximum absolute atomic E-state index is 11.8. The molecule has 6 heteroatoms. The largest absolute Gasteiger partial charge is 0.378 e. The number of thiophene rings is 1. The Kier molecular flexibility index (Phi) is 3.42. The molecule has 0 radical (unpaired) electrons. The molecule has 2 rings (SSSR count). The molecular formula is C11H9ClO3S2. The number of halogens is 1. The van der Waals surface area contributed by atoms with Gasteiger partial charge < -0.3 is 4.18 Å². The van der Waals surface area contributed by atoms with E-state index in [1.807, 2.05) is 0 Å². The van der Waals surface area contributed by atoms with Crippen LogP contribution in [0, 0.1) is 6.92 Å². The molecule has 0 saturated carbocycles. The molecule has 0 bridgehead atoms. The van der Waals surface area contributed by atoms with Gasteiger partial charge in [-0.15, -0.1) is 11.3 Å². The second kappa shape index (κ2) is 4.68. The summed E-state index contributed by atoms with van der Waals surface area (Å²) in [5, 5.41) is 2.26. The topological polar surface area (TPSA) is 43.4 Å². The fourth-order valence-electron chi connectivity index (χ4n) is 1.24. The van der Waals surface area contributed by atoms with Crippen LogP contribution in [-0.4, -0.2) is 8.42 Å². The Hall–Kier alpha value is -1.04. The minimum atomic E-state index is -3.72. The molecular weight excluding hydrogens is 280 g/mol. The van der Waals surface area contributed by atoms with Gasteiger partial charge in [0, 0.05) is 5.02 Å². The van der Waals surface area contributed by atoms with Crippen LogP contribution in [0.4, 0.5) is 0 Å². The Morgan fingerprint density at radius 2 is 2.06 bits per heavy atom. The van der Waals surface area contributed by atoms with Crippen molar-refractivity contribution in [1.82, 2.24) is 0 Å². The van der Waals surface area contributed by atoms with E-state index in [0.29, 0.717) is 5.02 Å². The molecule has 1 aromatic carbocycles. The Morgan fingerprint density at radius 3 is 2.65 bits per heavy atom. The molecule has 1 heterocycles. The molecule has 0 spiro atoms. The van der Waals surface area contributed by atoms with Crippen LogP contribution < -0.4 is 4.18 Å². The predicted octanol–water partition coefficient (Wildman–Crippen LogP) is 3.48. The zero-order chi connectivity index (χ0) is 12.5. The van der Waals surface area contributed by atoms with Crippen LogP contribution in [0.5, 0.6) is 5.75 Å². The molecule has 2 aromatic rings. The van der Waals surface area contributed by atoms with Gasteiger partial charge in [-0.05, 0) is 42.1 Å². The minimum Gasteiger partial charge on any atom is -0.378 e. The van der Waals surface area contributed by atoms with Crippen molar-refractivity contribution in [2.24, 2.45) is 0 Å². The summed E-state index contributed by atoms with van der Waals surface area (Å²) in [5.41, 5.74) is 0.769. The summed E-state index contributed by atoms with van der Waals surface area (Å²) < 4.78 is 28.8. The summed E-state index contributed by atoms with van der Waals surface area (Å²) in [6.07, 6.45) is 0. The van der Waals surface area contributed by atoms with Gasteiger partial charge in [0.1, 0.15) is 5.75 Å². The number of hydrogen-bond acceptors (Lipinski definition) is 4. The smallest absolute Gasteiger partial charge is 0.348 e. The van der Waals surface area contributed by atoms with E-state index in [9.17, 15) is 8.42 Å². The van der Waals surface area contributed by atoms with Crippen molar-refractivity contribution in [3.63, 3.8) is 0 Å². The molecule has 0 aliphatic heterocycles. The molecule has 0 amide bonds.